The molecule has 4 rings (SSSR count). The van der Waals surface area contributed by atoms with E-state index in [0.717, 1.165) is 0 Å². The van der Waals surface area contributed by atoms with Crippen LogP contribution in [0.3, 0.4) is 0 Å². The topological polar surface area (TPSA) is 98.8 Å². The second-order valence-corrected chi connectivity index (χ2v) is 7.24. The Morgan fingerprint density at radius 1 is 1.29 bits per heavy atom. The molecule has 0 spiro atoms. The van der Waals surface area contributed by atoms with Gasteiger partial charge in [-0.3, -0.25) is 9.36 Å². The minimum Gasteiger partial charge on any atom is -0.453 e. The van der Waals surface area contributed by atoms with Crippen LogP contribution < -0.4 is 16.0 Å². The molecular weight excluding hydrogens is 453 g/mol. The summed E-state index contributed by atoms with van der Waals surface area (Å²) in [5.41, 5.74) is 6.60. The Morgan fingerprint density at radius 2 is 2.11 bits per heavy atom. The number of nitrogens with one attached hydrogen (secondary N) is 1. The molecule has 7 nitrogen and oxygen atoms in total. The summed E-state index contributed by atoms with van der Waals surface area (Å²) in [7, 11) is 0. The van der Waals surface area contributed by atoms with E-state index in [-0.39, 0.29) is 28.9 Å². The van der Waals surface area contributed by atoms with Gasteiger partial charge in [0.05, 0.1) is 17.3 Å². The highest BCUT2D eigenvalue weighted by Crippen LogP contribution is 2.36. The summed E-state index contributed by atoms with van der Waals surface area (Å²) in [6.07, 6.45) is 2.71. The third-order valence-electron chi connectivity index (χ3n) is 4.00. The van der Waals surface area contributed by atoms with Crippen LogP contribution in [0, 0.1) is 5.82 Å². The first-order valence-corrected chi connectivity index (χ1v) is 9.19. The van der Waals surface area contributed by atoms with E-state index in [9.17, 15) is 4.79 Å². The number of hydrogen-bond acceptors (Lipinski definition) is 5. The number of H-pyrrole nitrogens is 1. The number of hydrogen-bond donors (Lipinski definition) is 2. The minimum absolute atomic E-state index is 0.0338. The second kappa shape index (κ2) is 7.25. The lowest BCUT2D eigenvalue weighted by atomic mass is 10.2. The summed E-state index contributed by atoms with van der Waals surface area (Å²) in [4.78, 5) is 23.2. The molecule has 0 aliphatic heterocycles. The fourth-order valence-electron chi connectivity index (χ4n) is 2.71. The molecule has 0 atom stereocenters. The summed E-state index contributed by atoms with van der Waals surface area (Å²) >= 11 is 9.25. The number of aromatic amines is 1. The number of anilines is 1. The number of nitrogens with zero attached hydrogens (tertiary/aromatic N) is 3. The Hall–Kier alpha value is -2.91. The summed E-state index contributed by atoms with van der Waals surface area (Å²) in [5, 5.41) is 0.369. The van der Waals surface area contributed by atoms with Gasteiger partial charge in [-0.1, -0.05) is 17.7 Å². The third-order valence-corrected chi connectivity index (χ3v) is 4.84. The smallest absolute Gasteiger partial charge is 0.279 e. The van der Waals surface area contributed by atoms with Gasteiger partial charge in [-0.05, 0) is 34.1 Å². The first-order chi connectivity index (χ1) is 13.4. The normalized spacial score (nSPS) is 11.1. The largest absolute Gasteiger partial charge is 0.453 e. The Balaban J connectivity index is 1.71. The molecule has 0 radical (unpaired) electrons. The van der Waals surface area contributed by atoms with Crippen LogP contribution in [0.15, 0.2) is 52.3 Å². The van der Waals surface area contributed by atoms with Crippen molar-refractivity contribution in [2.75, 3.05) is 5.73 Å². The van der Waals surface area contributed by atoms with Gasteiger partial charge >= 0.3 is 0 Å². The standard InChI is InChI=1S/C18H12BrClFN5O2/c19-13-2-1-9(6-26-8-25-17-15(18(26)27)23-7-24-17)14(21)16(13)28-12-4-10(20)3-11(22)5-12/h1-5,7-8H,6,22H2,(H,23,24). The van der Waals surface area contributed by atoms with Gasteiger partial charge in [0.15, 0.2) is 22.7 Å². The van der Waals surface area contributed by atoms with Crippen molar-refractivity contribution in [3.8, 4) is 11.5 Å². The molecule has 3 N–H and O–H groups in total. The zero-order valence-electron chi connectivity index (χ0n) is 14.1. The van der Waals surface area contributed by atoms with Crippen molar-refractivity contribution in [3.63, 3.8) is 0 Å². The van der Waals surface area contributed by atoms with Gasteiger partial charge in [0.2, 0.25) is 0 Å². The SMILES string of the molecule is Nc1cc(Cl)cc(Oc2c(Br)ccc(Cn3cnc4nc[nH]c4c3=O)c2F)c1. The predicted octanol–water partition coefficient (Wildman–Crippen LogP) is 4.10. The Labute approximate surface area is 171 Å². The number of halogens is 3. The van der Waals surface area contributed by atoms with Crippen LogP contribution in [0.1, 0.15) is 5.56 Å². The van der Waals surface area contributed by atoms with E-state index >= 15 is 4.39 Å². The molecule has 0 unspecified atom stereocenters. The monoisotopic (exact) mass is 463 g/mol. The molecule has 0 saturated heterocycles. The number of nitrogen functional groups attached to an aromatic ring is 1. The van der Waals surface area contributed by atoms with Crippen LogP contribution >= 0.6 is 27.5 Å². The Kier molecular flexibility index (Phi) is 4.78. The molecule has 2 heterocycles. The van der Waals surface area contributed by atoms with Crippen LogP contribution in [-0.4, -0.2) is 19.5 Å². The highest BCUT2D eigenvalue weighted by Gasteiger charge is 2.17. The van der Waals surface area contributed by atoms with Crippen molar-refractivity contribution in [1.29, 1.82) is 0 Å². The third kappa shape index (κ3) is 3.46. The predicted molar refractivity (Wildman–Crippen MR) is 107 cm³/mol. The van der Waals surface area contributed by atoms with Crippen molar-refractivity contribution in [3.05, 3.63) is 74.2 Å². The molecule has 0 amide bonds. The molecule has 142 valence electrons. The van der Waals surface area contributed by atoms with Gasteiger partial charge in [-0.15, -0.1) is 0 Å². The van der Waals surface area contributed by atoms with Gasteiger partial charge in [-0.25, -0.2) is 14.4 Å². The van der Waals surface area contributed by atoms with Gasteiger partial charge in [0.1, 0.15) is 12.1 Å². The van der Waals surface area contributed by atoms with Gasteiger partial charge < -0.3 is 15.5 Å². The van der Waals surface area contributed by atoms with Crippen molar-refractivity contribution < 1.29 is 9.13 Å². The number of rotatable bonds is 4. The second-order valence-electron chi connectivity index (χ2n) is 5.95. The number of ether oxygens (including phenoxy) is 1. The molecule has 0 bridgehead atoms. The summed E-state index contributed by atoms with van der Waals surface area (Å²) in [6, 6.07) is 7.81. The molecule has 10 heteroatoms. The average molecular weight is 465 g/mol. The maximum absolute atomic E-state index is 15.1. The molecule has 0 aliphatic rings. The van der Waals surface area contributed by atoms with Crippen LogP contribution in [0.2, 0.25) is 5.02 Å². The number of benzene rings is 2. The molecule has 4 aromatic rings. The molecule has 0 saturated carbocycles. The molecule has 0 fully saturated rings. The number of imidazole rings is 1. The van der Waals surface area contributed by atoms with Crippen LogP contribution in [-0.2, 0) is 6.54 Å². The van der Waals surface area contributed by atoms with Gasteiger partial charge in [0, 0.05) is 22.3 Å². The lowest BCUT2D eigenvalue weighted by Gasteiger charge is -2.13. The highest BCUT2D eigenvalue weighted by molar-refractivity contribution is 9.10. The summed E-state index contributed by atoms with van der Waals surface area (Å²) in [6.45, 7) is -0.0338. The van der Waals surface area contributed by atoms with E-state index < -0.39 is 5.82 Å². The van der Waals surface area contributed by atoms with Crippen LogP contribution in [0.25, 0.3) is 11.2 Å². The number of aromatic nitrogens is 4. The van der Waals surface area contributed by atoms with Crippen LogP contribution in [0.5, 0.6) is 11.5 Å². The van der Waals surface area contributed by atoms with E-state index in [1.54, 1.807) is 18.2 Å². The fraction of sp³-hybridized carbons (Fsp3) is 0.0556. The van der Waals surface area contributed by atoms with Gasteiger partial charge in [0.25, 0.3) is 5.56 Å². The highest BCUT2D eigenvalue weighted by atomic mass is 79.9. The zero-order chi connectivity index (χ0) is 19.8. The molecule has 2 aromatic heterocycles. The molecule has 2 aromatic carbocycles. The van der Waals surface area contributed by atoms with Crippen molar-refractivity contribution in [2.45, 2.75) is 6.54 Å². The number of fused-ring (bicyclic) bond motifs is 1. The van der Waals surface area contributed by atoms with E-state index in [1.165, 1.54) is 29.4 Å². The average Bonchev–Trinajstić information content (AvgIpc) is 3.12. The molecule has 0 aliphatic carbocycles. The van der Waals surface area contributed by atoms with Gasteiger partial charge in [-0.2, -0.15) is 0 Å². The van der Waals surface area contributed by atoms with E-state index in [0.29, 0.717) is 26.6 Å². The zero-order valence-corrected chi connectivity index (χ0v) is 16.5. The lowest BCUT2D eigenvalue weighted by Crippen LogP contribution is -2.21. The first kappa shape index (κ1) is 18.5. The maximum Gasteiger partial charge on any atom is 0.279 e. The summed E-state index contributed by atoms with van der Waals surface area (Å²) < 4.78 is 22.5. The number of nitrogens with two attached hydrogens (primary N) is 1. The Morgan fingerprint density at radius 3 is 2.89 bits per heavy atom. The van der Waals surface area contributed by atoms with E-state index in [4.69, 9.17) is 22.1 Å². The molecule has 28 heavy (non-hydrogen) atoms. The Bertz CT molecular complexity index is 1240. The van der Waals surface area contributed by atoms with Crippen molar-refractivity contribution in [2.24, 2.45) is 0 Å². The maximum atomic E-state index is 15.1. The van der Waals surface area contributed by atoms with Crippen molar-refractivity contribution in [1.82, 2.24) is 19.5 Å². The molecular formula is C18H12BrClFN5O2. The quantitative estimate of drug-likeness (QED) is 0.443. The fourth-order valence-corrected chi connectivity index (χ4v) is 3.33. The lowest BCUT2D eigenvalue weighted by molar-refractivity contribution is 0.434. The summed E-state index contributed by atoms with van der Waals surface area (Å²) in [5.74, 6) is -0.369. The van der Waals surface area contributed by atoms with E-state index in [1.807, 2.05) is 0 Å². The first-order valence-electron chi connectivity index (χ1n) is 8.01. The minimum atomic E-state index is -0.621. The van der Waals surface area contributed by atoms with Crippen LogP contribution in [0.4, 0.5) is 10.1 Å². The van der Waals surface area contributed by atoms with E-state index in [2.05, 4.69) is 30.9 Å². The van der Waals surface area contributed by atoms with Crippen molar-refractivity contribution >= 4 is 44.4 Å².